The van der Waals surface area contributed by atoms with Crippen molar-refractivity contribution in [1.29, 1.82) is 0 Å². The van der Waals surface area contributed by atoms with Crippen molar-refractivity contribution in [1.82, 2.24) is 0 Å². The van der Waals surface area contributed by atoms with Crippen LogP contribution >= 0.6 is 0 Å². The number of methoxy groups -OCH3 is 1. The highest BCUT2D eigenvalue weighted by Crippen LogP contribution is 2.77. The van der Waals surface area contributed by atoms with Crippen molar-refractivity contribution in [2.75, 3.05) is 13.7 Å². The fraction of sp³-hybridized carbons (Fsp3) is 0.892. The summed E-state index contributed by atoms with van der Waals surface area (Å²) < 4.78 is 23.3. The molecule has 4 aliphatic carbocycles. The molecule has 0 aromatic rings. The van der Waals surface area contributed by atoms with E-state index in [4.69, 9.17) is 18.9 Å². The third kappa shape index (κ3) is 4.84. The van der Waals surface area contributed by atoms with Crippen molar-refractivity contribution in [3.8, 4) is 0 Å². The van der Waals surface area contributed by atoms with E-state index in [-0.39, 0.29) is 52.8 Å². The maximum Gasteiger partial charge on any atom is 0.314 e. The second-order valence-corrected chi connectivity index (χ2v) is 17.4. The Labute approximate surface area is 284 Å². The molecule has 2 heterocycles. The maximum absolute atomic E-state index is 14.5. The smallest absolute Gasteiger partial charge is 0.314 e. The highest BCUT2D eigenvalue weighted by Gasteiger charge is 2.76. The predicted molar refractivity (Wildman–Crippen MR) is 173 cm³/mol. The number of hydrogen-bond acceptors (Lipinski definition) is 11. The zero-order chi connectivity index (χ0) is 35.4. The lowest BCUT2D eigenvalue weighted by molar-refractivity contribution is -0.299. The molecule has 5 N–H and O–H groups in total. The van der Waals surface area contributed by atoms with E-state index in [0.717, 1.165) is 24.8 Å². The summed E-state index contributed by atoms with van der Waals surface area (Å²) in [5, 5.41) is 53.5. The fourth-order valence-electron chi connectivity index (χ4n) is 12.8. The molecular weight excluding hydrogens is 620 g/mol. The molecule has 6 aliphatic rings. The molecule has 4 saturated carbocycles. The normalized spacial score (nSPS) is 52.3. The van der Waals surface area contributed by atoms with Crippen molar-refractivity contribution < 1.29 is 54.1 Å². The lowest BCUT2D eigenvalue weighted by Crippen LogP contribution is -2.69. The Hall–Kier alpha value is -1.60. The van der Waals surface area contributed by atoms with Crippen molar-refractivity contribution >= 4 is 11.9 Å². The number of hydrogen-bond donors (Lipinski definition) is 5. The third-order valence-electron chi connectivity index (χ3n) is 15.2. The number of carbonyl (C=O) groups is 2. The van der Waals surface area contributed by atoms with Gasteiger partial charge < -0.3 is 44.5 Å². The molecular formula is C37H58O11. The second-order valence-electron chi connectivity index (χ2n) is 17.4. The standard InChI is InChI=1S/C37H58O11/c1-18(2)19-9-12-37(32(44)47-31-29(43)28(42)27(41)22(17-38)46-31)14-13-34(5)20(26(19)37)15-21(39)30-35(34,6)11-10-23-33(3,4)48-24(36(23,30)7)16-25(40)45-8/h19-24,26-31,38-39,41-43H,1,9-17H2,2-8H3. The zero-order valence-electron chi connectivity index (χ0n) is 29.7. The molecule has 2 saturated heterocycles. The van der Waals surface area contributed by atoms with Gasteiger partial charge in [-0.2, -0.15) is 0 Å². The maximum atomic E-state index is 14.5. The SMILES string of the molecule is C=C(C)C1CCC2(C(=O)OC3OC(CO)C(O)C(O)C3O)CCC3(C)C(CC(O)C4C5(C)C(CC(=O)OC)OC(C)(C)C5CCC43C)C12. The van der Waals surface area contributed by atoms with Gasteiger partial charge in [-0.3, -0.25) is 9.59 Å². The Bertz CT molecular complexity index is 1300. The van der Waals surface area contributed by atoms with E-state index >= 15 is 0 Å². The average molecular weight is 679 g/mol. The molecule has 0 aromatic heterocycles. The number of aliphatic hydroxyl groups is 5. The quantitative estimate of drug-likeness (QED) is 0.207. The van der Waals surface area contributed by atoms with E-state index in [9.17, 15) is 35.1 Å². The van der Waals surface area contributed by atoms with Gasteiger partial charge >= 0.3 is 11.9 Å². The monoisotopic (exact) mass is 678 g/mol. The molecule has 48 heavy (non-hydrogen) atoms. The van der Waals surface area contributed by atoms with E-state index in [2.05, 4.69) is 41.2 Å². The first kappa shape index (κ1) is 36.2. The summed E-state index contributed by atoms with van der Waals surface area (Å²) in [6, 6.07) is 0. The van der Waals surface area contributed by atoms with Gasteiger partial charge in [0.2, 0.25) is 6.29 Å². The summed E-state index contributed by atoms with van der Waals surface area (Å²) in [7, 11) is 1.39. The van der Waals surface area contributed by atoms with Gasteiger partial charge in [0, 0.05) is 5.41 Å². The number of esters is 2. The van der Waals surface area contributed by atoms with Crippen LogP contribution in [0.3, 0.4) is 0 Å². The first-order valence-electron chi connectivity index (χ1n) is 17.9. The number of ether oxygens (including phenoxy) is 4. The van der Waals surface area contributed by atoms with Crippen LogP contribution in [0.5, 0.6) is 0 Å². The zero-order valence-corrected chi connectivity index (χ0v) is 29.7. The van der Waals surface area contributed by atoms with Gasteiger partial charge in [-0.25, -0.2) is 0 Å². The van der Waals surface area contributed by atoms with Gasteiger partial charge in [0.05, 0.1) is 43.4 Å². The van der Waals surface area contributed by atoms with Crippen molar-refractivity contribution in [3.63, 3.8) is 0 Å². The van der Waals surface area contributed by atoms with Crippen LogP contribution in [0.25, 0.3) is 0 Å². The Kier molecular flexibility index (Phi) is 9.04. The number of aliphatic hydroxyl groups excluding tert-OH is 5. The van der Waals surface area contributed by atoms with Gasteiger partial charge in [0.1, 0.15) is 24.4 Å². The molecule has 0 spiro atoms. The van der Waals surface area contributed by atoms with Crippen molar-refractivity contribution in [3.05, 3.63) is 12.2 Å². The van der Waals surface area contributed by atoms with Gasteiger partial charge in [0.15, 0.2) is 0 Å². The average Bonchev–Trinajstić information content (AvgIpc) is 3.51. The lowest BCUT2D eigenvalue weighted by Gasteiger charge is -2.71. The van der Waals surface area contributed by atoms with Crippen LogP contribution in [0.1, 0.15) is 92.9 Å². The van der Waals surface area contributed by atoms with Crippen molar-refractivity contribution in [2.24, 2.45) is 51.2 Å². The van der Waals surface area contributed by atoms with E-state index in [0.29, 0.717) is 25.7 Å². The highest BCUT2D eigenvalue weighted by molar-refractivity contribution is 5.78. The largest absolute Gasteiger partial charge is 0.469 e. The highest BCUT2D eigenvalue weighted by atomic mass is 16.7. The minimum Gasteiger partial charge on any atom is -0.469 e. The Balaban J connectivity index is 1.37. The molecule has 2 aliphatic heterocycles. The lowest BCUT2D eigenvalue weighted by atomic mass is 9.33. The summed E-state index contributed by atoms with van der Waals surface area (Å²) in [5.41, 5.74) is -1.52. The van der Waals surface area contributed by atoms with Gasteiger partial charge in [0.25, 0.3) is 0 Å². The molecule has 16 unspecified atom stereocenters. The summed E-state index contributed by atoms with van der Waals surface area (Å²) in [4.78, 5) is 27.1. The van der Waals surface area contributed by atoms with Gasteiger partial charge in [-0.15, -0.1) is 0 Å². The molecule has 6 rings (SSSR count). The van der Waals surface area contributed by atoms with Crippen LogP contribution in [0.4, 0.5) is 0 Å². The molecule has 0 bridgehead atoms. The Morgan fingerprint density at radius 3 is 2.23 bits per heavy atom. The number of rotatable bonds is 6. The molecule has 0 radical (unpaired) electrons. The van der Waals surface area contributed by atoms with Crippen LogP contribution in [0.2, 0.25) is 0 Å². The topological polar surface area (TPSA) is 172 Å². The first-order chi connectivity index (χ1) is 22.3. The summed E-state index contributed by atoms with van der Waals surface area (Å²) in [5.74, 6) is -1.09. The molecule has 0 amide bonds. The Morgan fingerprint density at radius 2 is 1.60 bits per heavy atom. The van der Waals surface area contributed by atoms with Crippen LogP contribution < -0.4 is 0 Å². The van der Waals surface area contributed by atoms with E-state index in [1.807, 2.05) is 6.92 Å². The van der Waals surface area contributed by atoms with Crippen LogP contribution in [0, 0.1) is 51.2 Å². The third-order valence-corrected chi connectivity index (χ3v) is 15.2. The summed E-state index contributed by atoms with van der Waals surface area (Å²) >= 11 is 0. The minimum absolute atomic E-state index is 0.0112. The first-order valence-corrected chi connectivity index (χ1v) is 17.9. The molecule has 16 atom stereocenters. The number of carbonyl (C=O) groups excluding carboxylic acids is 2. The second kappa shape index (κ2) is 12.0. The molecule has 6 fully saturated rings. The van der Waals surface area contributed by atoms with Gasteiger partial charge in [-0.05, 0) is 106 Å². The summed E-state index contributed by atoms with van der Waals surface area (Å²) in [6.45, 7) is 16.8. The van der Waals surface area contributed by atoms with E-state index in [1.165, 1.54) is 7.11 Å². The van der Waals surface area contributed by atoms with Crippen LogP contribution in [-0.4, -0.2) is 99.7 Å². The molecule has 0 aromatic carbocycles. The summed E-state index contributed by atoms with van der Waals surface area (Å²) in [6.07, 6.45) is -3.83. The number of allylic oxidation sites excluding steroid dienone is 1. The van der Waals surface area contributed by atoms with Crippen LogP contribution in [0.15, 0.2) is 12.2 Å². The fourth-order valence-corrected chi connectivity index (χ4v) is 12.8. The molecule has 11 heteroatoms. The van der Waals surface area contributed by atoms with Crippen LogP contribution in [-0.2, 0) is 28.5 Å². The minimum atomic E-state index is -1.68. The van der Waals surface area contributed by atoms with Gasteiger partial charge in [-0.1, -0.05) is 32.9 Å². The Morgan fingerprint density at radius 1 is 0.917 bits per heavy atom. The van der Waals surface area contributed by atoms with E-state index < -0.39 is 71.9 Å². The predicted octanol–water partition coefficient (Wildman–Crippen LogP) is 2.88. The van der Waals surface area contributed by atoms with E-state index in [1.54, 1.807) is 0 Å². The molecule has 272 valence electrons. The van der Waals surface area contributed by atoms with Crippen molar-refractivity contribution in [2.45, 2.75) is 141 Å². The number of fused-ring (bicyclic) bond motifs is 7. The molecule has 11 nitrogen and oxygen atoms in total.